The molecule has 6 nitrogen and oxygen atoms in total. The minimum atomic E-state index is -3.55. The van der Waals surface area contributed by atoms with Crippen LogP contribution in [0.2, 0.25) is 0 Å². The van der Waals surface area contributed by atoms with Crippen molar-refractivity contribution in [2.45, 2.75) is 34.2 Å². The topological polar surface area (TPSA) is 75.7 Å². The van der Waals surface area contributed by atoms with Gasteiger partial charge >= 0.3 is 16.1 Å². The van der Waals surface area contributed by atoms with Gasteiger partial charge < -0.3 is 14.4 Å². The number of para-hydroxylation sites is 1. The van der Waals surface area contributed by atoms with Crippen molar-refractivity contribution in [3.63, 3.8) is 0 Å². The molecule has 2 aromatic rings. The van der Waals surface area contributed by atoms with Gasteiger partial charge in [-0.1, -0.05) is 44.2 Å². The average molecular weight is 405 g/mol. The fourth-order valence-corrected chi connectivity index (χ4v) is 3.17. The van der Waals surface area contributed by atoms with E-state index in [2.05, 4.69) is 19.2 Å². The van der Waals surface area contributed by atoms with Crippen molar-refractivity contribution in [1.29, 1.82) is 0 Å². The standard InChI is InChI=1S/C21H28N2O4S/c1-5-28(25,26)27-19-12-10-18(11-13-19)15-23(14-16(2)3)21(24)22-20-9-7-6-8-17(20)4/h6-13,16H,5,14-15H2,1-4H3,(H,22,24). The van der Waals surface area contributed by atoms with Crippen LogP contribution in [-0.4, -0.2) is 31.6 Å². The number of amides is 2. The molecule has 0 saturated heterocycles. The third-order valence-corrected chi connectivity index (χ3v) is 5.29. The van der Waals surface area contributed by atoms with E-state index in [4.69, 9.17) is 4.18 Å². The highest BCUT2D eigenvalue weighted by atomic mass is 32.2. The van der Waals surface area contributed by atoms with Crippen molar-refractivity contribution >= 4 is 21.8 Å². The summed E-state index contributed by atoms with van der Waals surface area (Å²) in [6, 6.07) is 14.2. The Hall–Kier alpha value is -2.54. The number of hydrogen-bond donors (Lipinski definition) is 1. The number of carbonyl (C=O) groups is 1. The van der Waals surface area contributed by atoms with E-state index in [0.29, 0.717) is 19.0 Å². The lowest BCUT2D eigenvalue weighted by molar-refractivity contribution is 0.201. The number of nitrogens with zero attached hydrogens (tertiary/aromatic N) is 1. The largest absolute Gasteiger partial charge is 0.382 e. The van der Waals surface area contributed by atoms with E-state index in [-0.39, 0.29) is 17.5 Å². The second-order valence-electron chi connectivity index (χ2n) is 7.09. The molecule has 0 spiro atoms. The van der Waals surface area contributed by atoms with Crippen molar-refractivity contribution in [3.8, 4) is 5.75 Å². The molecule has 2 amide bonds. The van der Waals surface area contributed by atoms with E-state index in [1.54, 1.807) is 29.2 Å². The Morgan fingerprint density at radius 2 is 1.75 bits per heavy atom. The van der Waals surface area contributed by atoms with E-state index in [1.165, 1.54) is 6.92 Å². The van der Waals surface area contributed by atoms with Crippen LogP contribution in [0.1, 0.15) is 31.9 Å². The van der Waals surface area contributed by atoms with Gasteiger partial charge in [-0.15, -0.1) is 0 Å². The van der Waals surface area contributed by atoms with Crippen LogP contribution in [0.15, 0.2) is 48.5 Å². The molecule has 1 N–H and O–H groups in total. The molecule has 0 atom stereocenters. The monoisotopic (exact) mass is 404 g/mol. The van der Waals surface area contributed by atoms with Crippen molar-refractivity contribution < 1.29 is 17.4 Å². The first-order valence-corrected chi connectivity index (χ1v) is 10.9. The molecule has 0 fully saturated rings. The molecule has 7 heteroatoms. The molecule has 0 saturated carbocycles. The van der Waals surface area contributed by atoms with Gasteiger partial charge in [0.25, 0.3) is 0 Å². The molecule has 0 heterocycles. The summed E-state index contributed by atoms with van der Waals surface area (Å²) >= 11 is 0. The zero-order chi connectivity index (χ0) is 20.7. The first-order valence-electron chi connectivity index (χ1n) is 9.33. The molecule has 0 aliphatic heterocycles. The van der Waals surface area contributed by atoms with E-state index < -0.39 is 10.1 Å². The van der Waals surface area contributed by atoms with Gasteiger partial charge in [-0.3, -0.25) is 0 Å². The van der Waals surface area contributed by atoms with Crippen LogP contribution in [0.3, 0.4) is 0 Å². The molecule has 2 aromatic carbocycles. The van der Waals surface area contributed by atoms with Crippen LogP contribution in [-0.2, 0) is 16.7 Å². The maximum atomic E-state index is 12.8. The summed E-state index contributed by atoms with van der Waals surface area (Å²) in [6.07, 6.45) is 0. The van der Waals surface area contributed by atoms with Crippen molar-refractivity contribution in [2.24, 2.45) is 5.92 Å². The van der Waals surface area contributed by atoms with Gasteiger partial charge in [-0.05, 0) is 49.1 Å². The lowest BCUT2D eigenvalue weighted by atomic mass is 10.1. The van der Waals surface area contributed by atoms with E-state index in [0.717, 1.165) is 16.8 Å². The predicted octanol–water partition coefficient (Wildman–Crippen LogP) is 4.41. The summed E-state index contributed by atoms with van der Waals surface area (Å²) in [5, 5.41) is 2.97. The van der Waals surface area contributed by atoms with Crippen LogP contribution >= 0.6 is 0 Å². The minimum absolute atomic E-state index is 0.0873. The Kier molecular flexibility index (Phi) is 7.45. The lowest BCUT2D eigenvalue weighted by Crippen LogP contribution is -2.37. The van der Waals surface area contributed by atoms with Crippen LogP contribution < -0.4 is 9.50 Å². The summed E-state index contributed by atoms with van der Waals surface area (Å²) < 4.78 is 28.1. The van der Waals surface area contributed by atoms with Crippen molar-refractivity contribution in [1.82, 2.24) is 4.90 Å². The van der Waals surface area contributed by atoms with E-state index in [9.17, 15) is 13.2 Å². The zero-order valence-corrected chi connectivity index (χ0v) is 17.6. The highest BCUT2D eigenvalue weighted by Gasteiger charge is 2.17. The number of urea groups is 1. The summed E-state index contributed by atoms with van der Waals surface area (Å²) in [4.78, 5) is 14.6. The Balaban J connectivity index is 2.11. The molecule has 0 aliphatic carbocycles. The number of benzene rings is 2. The Morgan fingerprint density at radius 3 is 2.32 bits per heavy atom. The Labute approximate surface area is 167 Å². The molecule has 0 aliphatic rings. The maximum absolute atomic E-state index is 12.8. The molecule has 152 valence electrons. The lowest BCUT2D eigenvalue weighted by Gasteiger charge is -2.25. The Bertz CT molecular complexity index is 893. The summed E-state index contributed by atoms with van der Waals surface area (Å²) in [6.45, 7) is 8.60. The van der Waals surface area contributed by atoms with Gasteiger partial charge in [-0.25, -0.2) is 4.79 Å². The summed E-state index contributed by atoms with van der Waals surface area (Å²) in [5.74, 6) is 0.487. The quantitative estimate of drug-likeness (QED) is 0.661. The molecular formula is C21H28N2O4S. The van der Waals surface area contributed by atoms with Gasteiger partial charge in [0.1, 0.15) is 5.75 Å². The smallest absolute Gasteiger partial charge is 0.322 e. The fraction of sp³-hybridized carbons (Fsp3) is 0.381. The summed E-state index contributed by atoms with van der Waals surface area (Å²) in [7, 11) is -3.55. The molecule has 0 bridgehead atoms. The SMILES string of the molecule is CCS(=O)(=O)Oc1ccc(CN(CC(C)C)C(=O)Nc2ccccc2C)cc1. The molecular weight excluding hydrogens is 376 g/mol. The number of hydrogen-bond acceptors (Lipinski definition) is 4. The number of rotatable bonds is 8. The zero-order valence-electron chi connectivity index (χ0n) is 16.8. The maximum Gasteiger partial charge on any atom is 0.322 e. The van der Waals surface area contributed by atoms with Crippen LogP contribution in [0.5, 0.6) is 5.75 Å². The van der Waals surface area contributed by atoms with Gasteiger partial charge in [0, 0.05) is 18.8 Å². The predicted molar refractivity (Wildman–Crippen MR) is 112 cm³/mol. The van der Waals surface area contributed by atoms with E-state index in [1.807, 2.05) is 31.2 Å². The number of carbonyl (C=O) groups excluding carboxylic acids is 1. The van der Waals surface area contributed by atoms with Crippen molar-refractivity contribution in [3.05, 3.63) is 59.7 Å². The van der Waals surface area contributed by atoms with Crippen molar-refractivity contribution in [2.75, 3.05) is 17.6 Å². The fourth-order valence-electron chi connectivity index (χ4n) is 2.64. The third kappa shape index (κ3) is 6.56. The average Bonchev–Trinajstić information content (AvgIpc) is 2.64. The van der Waals surface area contributed by atoms with Crippen LogP contribution in [0, 0.1) is 12.8 Å². The second-order valence-corrected chi connectivity index (χ2v) is 8.95. The number of aryl methyl sites for hydroxylation is 1. The van der Waals surface area contributed by atoms with E-state index >= 15 is 0 Å². The van der Waals surface area contributed by atoms with Gasteiger partial charge in [0.05, 0.1) is 5.75 Å². The molecule has 2 rings (SSSR count). The Morgan fingerprint density at radius 1 is 1.11 bits per heavy atom. The van der Waals surface area contributed by atoms with Gasteiger partial charge in [0.2, 0.25) is 0 Å². The van der Waals surface area contributed by atoms with Gasteiger partial charge in [0.15, 0.2) is 0 Å². The third-order valence-electron chi connectivity index (χ3n) is 4.13. The number of anilines is 1. The number of nitrogens with one attached hydrogen (secondary N) is 1. The first-order chi connectivity index (χ1) is 13.2. The normalized spacial score (nSPS) is 11.3. The highest BCUT2D eigenvalue weighted by Crippen LogP contribution is 2.18. The minimum Gasteiger partial charge on any atom is -0.382 e. The van der Waals surface area contributed by atoms with Gasteiger partial charge in [-0.2, -0.15) is 8.42 Å². The van der Waals surface area contributed by atoms with Crippen LogP contribution in [0.25, 0.3) is 0 Å². The molecule has 0 radical (unpaired) electrons. The van der Waals surface area contributed by atoms with Crippen LogP contribution in [0.4, 0.5) is 10.5 Å². The second kappa shape index (κ2) is 9.59. The first kappa shape index (κ1) is 21.8. The highest BCUT2D eigenvalue weighted by molar-refractivity contribution is 7.87. The molecule has 0 unspecified atom stereocenters. The molecule has 28 heavy (non-hydrogen) atoms. The molecule has 0 aromatic heterocycles. The summed E-state index contributed by atoms with van der Waals surface area (Å²) in [5.41, 5.74) is 2.68.